The van der Waals surface area contributed by atoms with Crippen LogP contribution in [0.15, 0.2) is 22.7 Å². The Bertz CT molecular complexity index is 515. The van der Waals surface area contributed by atoms with Gasteiger partial charge in [0.15, 0.2) is 0 Å². The minimum atomic E-state index is -4.54. The molecular weight excluding hydrogens is 339 g/mol. The van der Waals surface area contributed by atoms with Gasteiger partial charge in [0.05, 0.1) is 11.3 Å². The molecule has 0 saturated carbocycles. The molecule has 0 bridgehead atoms. The SMILES string of the molecule is CCN(c1cc(Br)ccc1C(F)(F)F)C(C)(C)C(=O)O. The van der Waals surface area contributed by atoms with Crippen LogP contribution in [-0.2, 0) is 11.0 Å². The minimum absolute atomic E-state index is 0.138. The fraction of sp³-hybridized carbons (Fsp3) is 0.462. The highest BCUT2D eigenvalue weighted by atomic mass is 79.9. The normalized spacial score (nSPS) is 12.3. The van der Waals surface area contributed by atoms with Crippen LogP contribution >= 0.6 is 15.9 Å². The Morgan fingerprint density at radius 3 is 2.30 bits per heavy atom. The second-order valence-electron chi connectivity index (χ2n) is 4.77. The maximum absolute atomic E-state index is 13.1. The predicted octanol–water partition coefficient (Wildman–Crippen LogP) is 4.16. The number of carboxylic acid groups (broad SMARTS) is 1. The molecule has 1 aromatic rings. The van der Waals surface area contributed by atoms with Crippen molar-refractivity contribution < 1.29 is 23.1 Å². The van der Waals surface area contributed by atoms with Crippen LogP contribution in [0.4, 0.5) is 18.9 Å². The molecule has 0 aliphatic heterocycles. The van der Waals surface area contributed by atoms with Gasteiger partial charge in [0.25, 0.3) is 0 Å². The number of rotatable bonds is 4. The Hall–Kier alpha value is -1.24. The van der Waals surface area contributed by atoms with Gasteiger partial charge in [-0.05, 0) is 39.0 Å². The van der Waals surface area contributed by atoms with Gasteiger partial charge < -0.3 is 10.0 Å². The molecule has 0 unspecified atom stereocenters. The maximum Gasteiger partial charge on any atom is 0.418 e. The van der Waals surface area contributed by atoms with Gasteiger partial charge in [0.2, 0.25) is 0 Å². The molecule has 0 spiro atoms. The summed E-state index contributed by atoms with van der Waals surface area (Å²) >= 11 is 3.12. The Kier molecular flexibility index (Phi) is 4.74. The number of alkyl halides is 3. The van der Waals surface area contributed by atoms with Crippen molar-refractivity contribution in [2.45, 2.75) is 32.5 Å². The minimum Gasteiger partial charge on any atom is -0.480 e. The molecule has 0 amide bonds. The quantitative estimate of drug-likeness (QED) is 0.883. The van der Waals surface area contributed by atoms with E-state index in [1.807, 2.05) is 0 Å². The lowest BCUT2D eigenvalue weighted by molar-refractivity contribution is -0.143. The number of anilines is 1. The molecule has 3 nitrogen and oxygen atoms in total. The molecule has 0 aliphatic rings. The molecular formula is C13H15BrF3NO2. The van der Waals surface area contributed by atoms with Crippen molar-refractivity contribution in [1.82, 2.24) is 0 Å². The summed E-state index contributed by atoms with van der Waals surface area (Å²) in [7, 11) is 0. The third kappa shape index (κ3) is 3.26. The predicted molar refractivity (Wildman–Crippen MR) is 73.9 cm³/mol. The summed E-state index contributed by atoms with van der Waals surface area (Å²) in [6.45, 7) is 4.50. The number of carbonyl (C=O) groups is 1. The smallest absolute Gasteiger partial charge is 0.418 e. The fourth-order valence-corrected chi connectivity index (χ4v) is 2.30. The lowest BCUT2D eigenvalue weighted by Gasteiger charge is -2.37. The number of aliphatic carboxylic acids is 1. The average molecular weight is 354 g/mol. The zero-order chi connectivity index (χ0) is 15.7. The summed E-state index contributed by atoms with van der Waals surface area (Å²) in [6, 6.07) is 3.52. The number of hydrogen-bond donors (Lipinski definition) is 1. The van der Waals surface area contributed by atoms with Crippen LogP contribution < -0.4 is 4.90 Å². The number of likely N-dealkylation sites (N-methyl/N-ethyl adjacent to an activating group) is 1. The third-order valence-electron chi connectivity index (χ3n) is 3.07. The van der Waals surface area contributed by atoms with Gasteiger partial charge in [-0.1, -0.05) is 15.9 Å². The van der Waals surface area contributed by atoms with Gasteiger partial charge in [0, 0.05) is 11.0 Å². The first-order valence-electron chi connectivity index (χ1n) is 5.89. The van der Waals surface area contributed by atoms with Gasteiger partial charge in [-0.25, -0.2) is 4.79 Å². The molecule has 1 rings (SSSR count). The van der Waals surface area contributed by atoms with E-state index < -0.39 is 23.2 Å². The molecule has 0 aliphatic carbocycles. The summed E-state index contributed by atoms with van der Waals surface area (Å²) in [5.74, 6) is -1.19. The number of carboxylic acids is 1. The van der Waals surface area contributed by atoms with E-state index >= 15 is 0 Å². The molecule has 0 radical (unpaired) electrons. The summed E-state index contributed by atoms with van der Waals surface area (Å²) in [6.07, 6.45) is -4.54. The summed E-state index contributed by atoms with van der Waals surface area (Å²) in [5.41, 5.74) is -2.45. The van der Waals surface area contributed by atoms with Crippen molar-refractivity contribution >= 4 is 27.6 Å². The maximum atomic E-state index is 13.1. The lowest BCUT2D eigenvalue weighted by Crippen LogP contribution is -2.51. The summed E-state index contributed by atoms with van der Waals surface area (Å²) < 4.78 is 39.7. The molecule has 1 aromatic carbocycles. The third-order valence-corrected chi connectivity index (χ3v) is 3.56. The van der Waals surface area contributed by atoms with Crippen molar-refractivity contribution in [3.8, 4) is 0 Å². The molecule has 0 fully saturated rings. The van der Waals surface area contributed by atoms with Crippen molar-refractivity contribution in [2.24, 2.45) is 0 Å². The molecule has 1 N–H and O–H groups in total. The lowest BCUT2D eigenvalue weighted by atomic mass is 10.00. The van der Waals surface area contributed by atoms with E-state index in [9.17, 15) is 23.1 Å². The zero-order valence-electron chi connectivity index (χ0n) is 11.3. The van der Waals surface area contributed by atoms with Crippen LogP contribution in [0.5, 0.6) is 0 Å². The Morgan fingerprint density at radius 2 is 1.90 bits per heavy atom. The largest absolute Gasteiger partial charge is 0.480 e. The first-order chi connectivity index (χ1) is 9.01. The Labute approximate surface area is 123 Å². The van der Waals surface area contributed by atoms with E-state index in [0.29, 0.717) is 4.47 Å². The van der Waals surface area contributed by atoms with Crippen LogP contribution in [0.3, 0.4) is 0 Å². The van der Waals surface area contributed by atoms with Crippen molar-refractivity contribution in [1.29, 1.82) is 0 Å². The molecule has 0 heterocycles. The van der Waals surface area contributed by atoms with Gasteiger partial charge in [-0.15, -0.1) is 0 Å². The van der Waals surface area contributed by atoms with Crippen LogP contribution in [0, 0.1) is 0 Å². The van der Waals surface area contributed by atoms with E-state index in [4.69, 9.17) is 0 Å². The van der Waals surface area contributed by atoms with Crippen molar-refractivity contribution in [3.63, 3.8) is 0 Å². The van der Waals surface area contributed by atoms with E-state index in [-0.39, 0.29) is 12.2 Å². The molecule has 0 saturated heterocycles. The molecule has 20 heavy (non-hydrogen) atoms. The second kappa shape index (κ2) is 5.63. The van der Waals surface area contributed by atoms with E-state index in [0.717, 1.165) is 6.07 Å². The standard InChI is InChI=1S/C13H15BrF3NO2/c1-4-18(12(2,3)11(19)20)10-7-8(14)5-6-9(10)13(15,16)17/h5-7H,4H2,1-3H3,(H,19,20). The average Bonchev–Trinajstić information content (AvgIpc) is 2.27. The van der Waals surface area contributed by atoms with Crippen LogP contribution in [0.25, 0.3) is 0 Å². The van der Waals surface area contributed by atoms with Gasteiger partial charge >= 0.3 is 12.1 Å². The molecule has 0 atom stereocenters. The number of nitrogens with zero attached hydrogens (tertiary/aromatic N) is 1. The summed E-state index contributed by atoms with van der Waals surface area (Å²) in [5, 5.41) is 9.23. The van der Waals surface area contributed by atoms with E-state index in [1.165, 1.54) is 30.9 Å². The van der Waals surface area contributed by atoms with Crippen molar-refractivity contribution in [3.05, 3.63) is 28.2 Å². The number of hydrogen-bond acceptors (Lipinski definition) is 2. The second-order valence-corrected chi connectivity index (χ2v) is 5.68. The highest BCUT2D eigenvalue weighted by Gasteiger charge is 2.40. The van der Waals surface area contributed by atoms with Gasteiger partial charge in [0.1, 0.15) is 5.54 Å². The highest BCUT2D eigenvalue weighted by molar-refractivity contribution is 9.10. The number of halogens is 4. The van der Waals surface area contributed by atoms with Crippen LogP contribution in [0.2, 0.25) is 0 Å². The van der Waals surface area contributed by atoms with Crippen LogP contribution in [-0.4, -0.2) is 23.2 Å². The van der Waals surface area contributed by atoms with Gasteiger partial charge in [-0.3, -0.25) is 0 Å². The van der Waals surface area contributed by atoms with Crippen LogP contribution in [0.1, 0.15) is 26.3 Å². The Balaban J connectivity index is 3.50. The van der Waals surface area contributed by atoms with E-state index in [1.54, 1.807) is 6.92 Å². The molecule has 112 valence electrons. The topological polar surface area (TPSA) is 40.5 Å². The summed E-state index contributed by atoms with van der Waals surface area (Å²) in [4.78, 5) is 12.5. The molecule has 0 aromatic heterocycles. The van der Waals surface area contributed by atoms with Gasteiger partial charge in [-0.2, -0.15) is 13.2 Å². The first-order valence-corrected chi connectivity index (χ1v) is 6.69. The Morgan fingerprint density at radius 1 is 1.35 bits per heavy atom. The molecule has 7 heteroatoms. The number of benzene rings is 1. The zero-order valence-corrected chi connectivity index (χ0v) is 12.8. The highest BCUT2D eigenvalue weighted by Crippen LogP contribution is 2.40. The van der Waals surface area contributed by atoms with E-state index in [2.05, 4.69) is 15.9 Å². The first kappa shape index (κ1) is 16.8. The fourth-order valence-electron chi connectivity index (χ4n) is 1.95. The van der Waals surface area contributed by atoms with Crippen molar-refractivity contribution in [2.75, 3.05) is 11.4 Å². The monoisotopic (exact) mass is 353 g/mol.